The fraction of sp³-hybridized carbons (Fsp3) is 0.440. The number of hydrogen-bond acceptors (Lipinski definition) is 5. The number of rotatable bonds is 6. The van der Waals surface area contributed by atoms with Crippen molar-refractivity contribution < 1.29 is 4.79 Å². The lowest BCUT2D eigenvalue weighted by atomic mass is 9.95. The lowest BCUT2D eigenvalue weighted by molar-refractivity contribution is -0.125. The second-order valence-corrected chi connectivity index (χ2v) is 9.28. The van der Waals surface area contributed by atoms with E-state index >= 15 is 0 Å². The molecule has 0 bridgehead atoms. The van der Waals surface area contributed by atoms with E-state index in [0.29, 0.717) is 16.5 Å². The van der Waals surface area contributed by atoms with Gasteiger partial charge in [-0.2, -0.15) is 4.52 Å². The van der Waals surface area contributed by atoms with Crippen LogP contribution in [0.5, 0.6) is 0 Å². The van der Waals surface area contributed by atoms with Gasteiger partial charge in [0.05, 0.1) is 5.02 Å². The van der Waals surface area contributed by atoms with Crippen LogP contribution in [0.15, 0.2) is 48.0 Å². The number of allylic oxidation sites excluding steroid dienone is 1. The summed E-state index contributed by atoms with van der Waals surface area (Å²) in [6, 6.07) is 11.5. The molecule has 1 N–H and O–H groups in total. The highest BCUT2D eigenvalue weighted by Crippen LogP contribution is 2.28. The summed E-state index contributed by atoms with van der Waals surface area (Å²) >= 11 is 6.37. The lowest BCUT2D eigenvalue weighted by Crippen LogP contribution is -2.41. The second kappa shape index (κ2) is 9.91. The Balaban J connectivity index is 1.20. The number of nitrogens with zero attached hydrogens (tertiary/aromatic N) is 5. The molecule has 2 aromatic heterocycles. The molecule has 0 spiro atoms. The van der Waals surface area contributed by atoms with Crippen molar-refractivity contribution in [1.29, 1.82) is 0 Å². The van der Waals surface area contributed by atoms with Gasteiger partial charge in [0, 0.05) is 31.1 Å². The van der Waals surface area contributed by atoms with E-state index in [4.69, 9.17) is 16.7 Å². The van der Waals surface area contributed by atoms with Gasteiger partial charge in [-0.1, -0.05) is 35.4 Å². The average molecular weight is 465 g/mol. The molecule has 2 aliphatic rings. The number of benzene rings is 1. The first kappa shape index (κ1) is 21.9. The Kier molecular flexibility index (Phi) is 6.58. The van der Waals surface area contributed by atoms with E-state index in [1.165, 1.54) is 31.3 Å². The van der Waals surface area contributed by atoms with Gasteiger partial charge in [0.1, 0.15) is 5.82 Å². The molecule has 0 unspecified atom stereocenters. The molecule has 1 saturated heterocycles. The first-order valence-corrected chi connectivity index (χ1v) is 12.2. The van der Waals surface area contributed by atoms with E-state index < -0.39 is 0 Å². The number of piperidine rings is 1. The summed E-state index contributed by atoms with van der Waals surface area (Å²) in [5.41, 5.74) is 2.98. The van der Waals surface area contributed by atoms with Crippen molar-refractivity contribution >= 4 is 29.0 Å². The Hall–Kier alpha value is -2.93. The molecule has 1 aromatic carbocycles. The summed E-state index contributed by atoms with van der Waals surface area (Å²) in [5.74, 6) is 1.74. The van der Waals surface area contributed by atoms with Gasteiger partial charge >= 0.3 is 0 Å². The third-order valence-electron chi connectivity index (χ3n) is 6.68. The Morgan fingerprint density at radius 1 is 1.09 bits per heavy atom. The van der Waals surface area contributed by atoms with E-state index in [0.717, 1.165) is 50.3 Å². The molecule has 0 atom stereocenters. The SMILES string of the molecule is O=C(NCCC1=CCCCC1)C1CCN(c2ccc3nnc(-c4ccccc4Cl)n3n2)CC1. The normalized spacial score (nSPS) is 17.2. The summed E-state index contributed by atoms with van der Waals surface area (Å²) in [5, 5.41) is 17.1. The van der Waals surface area contributed by atoms with Gasteiger partial charge < -0.3 is 10.2 Å². The Morgan fingerprint density at radius 3 is 2.73 bits per heavy atom. The zero-order valence-electron chi connectivity index (χ0n) is 18.7. The minimum Gasteiger partial charge on any atom is -0.356 e. The van der Waals surface area contributed by atoms with Crippen LogP contribution >= 0.6 is 11.6 Å². The Labute approximate surface area is 198 Å². The fourth-order valence-electron chi connectivity index (χ4n) is 4.75. The molecule has 1 fully saturated rings. The van der Waals surface area contributed by atoms with Crippen molar-refractivity contribution in [2.24, 2.45) is 5.92 Å². The van der Waals surface area contributed by atoms with Crippen LogP contribution in [0.4, 0.5) is 5.82 Å². The maximum atomic E-state index is 12.7. The molecule has 1 aliphatic heterocycles. The van der Waals surface area contributed by atoms with Crippen LogP contribution in [0.2, 0.25) is 5.02 Å². The standard InChI is InChI=1S/C25H29ClN6O/c26-21-9-5-4-8-20(21)24-29-28-22-10-11-23(30-32(22)24)31-16-13-19(14-17-31)25(33)27-15-12-18-6-2-1-3-7-18/h4-6,8-11,19H,1-3,7,12-17H2,(H,27,33). The molecule has 1 aliphatic carbocycles. The number of anilines is 1. The molecule has 33 heavy (non-hydrogen) atoms. The molecular weight excluding hydrogens is 436 g/mol. The van der Waals surface area contributed by atoms with Crippen LogP contribution in [0, 0.1) is 5.92 Å². The number of carbonyl (C=O) groups excluding carboxylic acids is 1. The quantitative estimate of drug-likeness (QED) is 0.536. The summed E-state index contributed by atoms with van der Waals surface area (Å²) < 4.78 is 1.75. The van der Waals surface area contributed by atoms with Crippen LogP contribution in [0.1, 0.15) is 44.9 Å². The first-order valence-electron chi connectivity index (χ1n) is 11.9. The highest BCUT2D eigenvalue weighted by atomic mass is 35.5. The van der Waals surface area contributed by atoms with Gasteiger partial charge in [-0.15, -0.1) is 15.3 Å². The molecule has 7 nitrogen and oxygen atoms in total. The van der Waals surface area contributed by atoms with Crippen molar-refractivity contribution in [3.05, 3.63) is 53.1 Å². The third-order valence-corrected chi connectivity index (χ3v) is 7.01. The van der Waals surface area contributed by atoms with E-state index in [1.807, 2.05) is 36.4 Å². The zero-order valence-corrected chi connectivity index (χ0v) is 19.5. The predicted molar refractivity (Wildman–Crippen MR) is 130 cm³/mol. The number of nitrogens with one attached hydrogen (secondary N) is 1. The van der Waals surface area contributed by atoms with Crippen molar-refractivity contribution in [2.75, 3.05) is 24.5 Å². The third kappa shape index (κ3) is 4.88. The van der Waals surface area contributed by atoms with Crippen LogP contribution in [-0.4, -0.2) is 45.4 Å². The smallest absolute Gasteiger partial charge is 0.223 e. The number of fused-ring (bicyclic) bond motifs is 1. The maximum absolute atomic E-state index is 12.7. The number of aromatic nitrogens is 4. The van der Waals surface area contributed by atoms with Crippen LogP contribution in [0.25, 0.3) is 17.0 Å². The second-order valence-electron chi connectivity index (χ2n) is 8.88. The highest BCUT2D eigenvalue weighted by molar-refractivity contribution is 6.33. The molecule has 172 valence electrons. The first-order chi connectivity index (χ1) is 16.2. The van der Waals surface area contributed by atoms with Gasteiger partial charge in [-0.05, 0) is 69.2 Å². The molecule has 0 saturated carbocycles. The van der Waals surface area contributed by atoms with Gasteiger partial charge in [-0.3, -0.25) is 4.79 Å². The van der Waals surface area contributed by atoms with E-state index in [-0.39, 0.29) is 11.8 Å². The van der Waals surface area contributed by atoms with Crippen molar-refractivity contribution in [3.63, 3.8) is 0 Å². The molecule has 1 amide bonds. The molecule has 5 rings (SSSR count). The number of carbonyl (C=O) groups is 1. The number of amides is 1. The molecular formula is C25H29ClN6O. The van der Waals surface area contributed by atoms with Crippen molar-refractivity contribution in [3.8, 4) is 11.4 Å². The topological polar surface area (TPSA) is 75.4 Å². The largest absolute Gasteiger partial charge is 0.356 e. The molecule has 3 aromatic rings. The summed E-state index contributed by atoms with van der Waals surface area (Å²) in [6.07, 6.45) is 9.96. The fourth-order valence-corrected chi connectivity index (χ4v) is 4.97. The maximum Gasteiger partial charge on any atom is 0.223 e. The van der Waals surface area contributed by atoms with Crippen molar-refractivity contribution in [1.82, 2.24) is 25.1 Å². The summed E-state index contributed by atoms with van der Waals surface area (Å²) in [6.45, 7) is 2.35. The molecule has 3 heterocycles. The minimum absolute atomic E-state index is 0.0684. The minimum atomic E-state index is 0.0684. The Morgan fingerprint density at radius 2 is 1.94 bits per heavy atom. The Bertz CT molecular complexity index is 1160. The van der Waals surface area contributed by atoms with E-state index in [2.05, 4.69) is 26.5 Å². The van der Waals surface area contributed by atoms with E-state index in [1.54, 1.807) is 4.52 Å². The number of halogens is 1. The van der Waals surface area contributed by atoms with Crippen LogP contribution in [0.3, 0.4) is 0 Å². The van der Waals surface area contributed by atoms with Crippen LogP contribution in [-0.2, 0) is 4.79 Å². The number of hydrogen-bond donors (Lipinski definition) is 1. The predicted octanol–water partition coefficient (Wildman–Crippen LogP) is 4.67. The van der Waals surface area contributed by atoms with Gasteiger partial charge in [0.15, 0.2) is 11.5 Å². The van der Waals surface area contributed by atoms with Crippen molar-refractivity contribution in [2.45, 2.75) is 44.9 Å². The van der Waals surface area contributed by atoms with Gasteiger partial charge in [-0.25, -0.2) is 0 Å². The van der Waals surface area contributed by atoms with Gasteiger partial charge in [0.25, 0.3) is 0 Å². The summed E-state index contributed by atoms with van der Waals surface area (Å²) in [4.78, 5) is 14.9. The molecule has 0 radical (unpaired) electrons. The zero-order chi connectivity index (χ0) is 22.6. The molecule has 8 heteroatoms. The monoisotopic (exact) mass is 464 g/mol. The lowest BCUT2D eigenvalue weighted by Gasteiger charge is -2.32. The summed E-state index contributed by atoms with van der Waals surface area (Å²) in [7, 11) is 0. The van der Waals surface area contributed by atoms with E-state index in [9.17, 15) is 4.79 Å². The highest BCUT2D eigenvalue weighted by Gasteiger charge is 2.26. The van der Waals surface area contributed by atoms with Gasteiger partial charge in [0.2, 0.25) is 5.91 Å². The van der Waals surface area contributed by atoms with Crippen LogP contribution < -0.4 is 10.2 Å². The average Bonchev–Trinajstić information content (AvgIpc) is 3.28.